The lowest BCUT2D eigenvalue weighted by atomic mass is 10.0. The summed E-state index contributed by atoms with van der Waals surface area (Å²) in [5, 5.41) is 3.28. The third-order valence-electron chi connectivity index (χ3n) is 6.43. The second kappa shape index (κ2) is 9.14. The first-order valence-corrected chi connectivity index (χ1v) is 10.8. The molecule has 2 saturated heterocycles. The molecular formula is C22H33N3O3. The van der Waals surface area contributed by atoms with E-state index in [0.717, 1.165) is 63.9 Å². The number of hydrogen-bond donors (Lipinski definition) is 1. The molecule has 0 radical (unpaired) electrons. The Morgan fingerprint density at radius 3 is 2.39 bits per heavy atom. The number of amides is 1. The smallest absolute Gasteiger partial charge is 0.254 e. The maximum Gasteiger partial charge on any atom is 0.254 e. The van der Waals surface area contributed by atoms with Gasteiger partial charge in [0.25, 0.3) is 5.91 Å². The van der Waals surface area contributed by atoms with Gasteiger partial charge in [-0.3, -0.25) is 4.79 Å². The molecule has 4 rings (SSSR count). The summed E-state index contributed by atoms with van der Waals surface area (Å²) in [6.45, 7) is 5.44. The van der Waals surface area contributed by atoms with Crippen molar-refractivity contribution in [2.45, 2.75) is 50.7 Å². The van der Waals surface area contributed by atoms with Gasteiger partial charge in [-0.05, 0) is 43.9 Å². The number of piperazine rings is 1. The van der Waals surface area contributed by atoms with Gasteiger partial charge in [0.15, 0.2) is 11.5 Å². The molecule has 6 heteroatoms. The number of hydrogen-bond acceptors (Lipinski definition) is 5. The minimum atomic E-state index is 0.0659. The van der Waals surface area contributed by atoms with Crippen LogP contribution in [0.15, 0.2) is 18.2 Å². The first-order valence-electron chi connectivity index (χ1n) is 10.8. The van der Waals surface area contributed by atoms with Crippen molar-refractivity contribution >= 4 is 5.91 Å². The highest BCUT2D eigenvalue weighted by atomic mass is 16.5. The number of carbonyl (C=O) groups is 1. The fourth-order valence-electron chi connectivity index (χ4n) is 4.76. The van der Waals surface area contributed by atoms with Crippen molar-refractivity contribution in [2.24, 2.45) is 0 Å². The second-order valence-corrected chi connectivity index (χ2v) is 8.20. The van der Waals surface area contributed by atoms with E-state index in [0.29, 0.717) is 11.3 Å². The highest BCUT2D eigenvalue weighted by Gasteiger charge is 2.28. The number of nitrogens with zero attached hydrogens (tertiary/aromatic N) is 2. The first-order chi connectivity index (χ1) is 13.7. The van der Waals surface area contributed by atoms with E-state index >= 15 is 0 Å². The van der Waals surface area contributed by atoms with Gasteiger partial charge in [0.2, 0.25) is 0 Å². The topological polar surface area (TPSA) is 54.0 Å². The van der Waals surface area contributed by atoms with Crippen molar-refractivity contribution in [3.05, 3.63) is 23.8 Å². The predicted octanol–water partition coefficient (Wildman–Crippen LogP) is 2.53. The molecule has 0 atom stereocenters. The molecule has 0 bridgehead atoms. The first kappa shape index (κ1) is 19.5. The third kappa shape index (κ3) is 4.44. The highest BCUT2D eigenvalue weighted by molar-refractivity contribution is 5.95. The molecule has 2 aliphatic heterocycles. The number of benzene rings is 1. The average Bonchev–Trinajstić information content (AvgIpc) is 3.29. The van der Waals surface area contributed by atoms with E-state index in [-0.39, 0.29) is 12.0 Å². The number of piperidine rings is 1. The highest BCUT2D eigenvalue weighted by Crippen LogP contribution is 2.32. The van der Waals surface area contributed by atoms with Gasteiger partial charge in [0.1, 0.15) is 6.10 Å². The van der Waals surface area contributed by atoms with Crippen LogP contribution in [0.5, 0.6) is 11.5 Å². The van der Waals surface area contributed by atoms with Gasteiger partial charge in [0, 0.05) is 50.9 Å². The molecule has 1 aromatic rings. The van der Waals surface area contributed by atoms with Gasteiger partial charge in [-0.1, -0.05) is 12.8 Å². The molecule has 0 spiro atoms. The summed E-state index contributed by atoms with van der Waals surface area (Å²) in [6, 6.07) is 6.40. The van der Waals surface area contributed by atoms with Crippen LogP contribution in [0.1, 0.15) is 48.9 Å². The van der Waals surface area contributed by atoms with Crippen LogP contribution in [-0.2, 0) is 0 Å². The predicted molar refractivity (Wildman–Crippen MR) is 109 cm³/mol. The summed E-state index contributed by atoms with van der Waals surface area (Å²) in [4.78, 5) is 17.3. The Balaban J connectivity index is 1.36. The lowest BCUT2D eigenvalue weighted by Gasteiger charge is -2.36. The molecule has 1 aliphatic carbocycles. The summed E-state index contributed by atoms with van der Waals surface area (Å²) in [7, 11) is 1.64. The zero-order valence-electron chi connectivity index (χ0n) is 17.0. The van der Waals surface area contributed by atoms with Crippen LogP contribution >= 0.6 is 0 Å². The lowest BCUT2D eigenvalue weighted by molar-refractivity contribution is 0.0731. The van der Waals surface area contributed by atoms with E-state index in [1.165, 1.54) is 25.7 Å². The molecule has 1 saturated carbocycles. The number of ether oxygens (including phenoxy) is 2. The van der Waals surface area contributed by atoms with E-state index < -0.39 is 0 Å². The lowest BCUT2D eigenvalue weighted by Crippen LogP contribution is -2.46. The van der Waals surface area contributed by atoms with E-state index in [2.05, 4.69) is 10.2 Å². The third-order valence-corrected chi connectivity index (χ3v) is 6.43. The van der Waals surface area contributed by atoms with Crippen LogP contribution in [0, 0.1) is 0 Å². The van der Waals surface area contributed by atoms with E-state index in [9.17, 15) is 4.79 Å². The summed E-state index contributed by atoms with van der Waals surface area (Å²) < 4.78 is 11.8. The Morgan fingerprint density at radius 1 is 1.00 bits per heavy atom. The maximum absolute atomic E-state index is 12.7. The van der Waals surface area contributed by atoms with Crippen molar-refractivity contribution in [3.63, 3.8) is 0 Å². The molecule has 0 aromatic heterocycles. The van der Waals surface area contributed by atoms with Crippen molar-refractivity contribution in [1.82, 2.24) is 15.1 Å². The van der Waals surface area contributed by atoms with Crippen molar-refractivity contribution < 1.29 is 14.3 Å². The molecule has 28 heavy (non-hydrogen) atoms. The zero-order chi connectivity index (χ0) is 19.3. The van der Waals surface area contributed by atoms with Gasteiger partial charge in [-0.2, -0.15) is 0 Å². The van der Waals surface area contributed by atoms with Crippen LogP contribution < -0.4 is 14.8 Å². The number of rotatable bonds is 5. The summed E-state index contributed by atoms with van der Waals surface area (Å²) in [6.07, 6.45) is 7.84. The molecule has 3 aliphatic rings. The molecule has 3 fully saturated rings. The van der Waals surface area contributed by atoms with E-state index in [4.69, 9.17) is 9.47 Å². The summed E-state index contributed by atoms with van der Waals surface area (Å²) in [5.74, 6) is 1.47. The van der Waals surface area contributed by atoms with Gasteiger partial charge in [-0.15, -0.1) is 0 Å². The second-order valence-electron chi connectivity index (χ2n) is 8.20. The molecule has 1 N–H and O–H groups in total. The molecule has 2 heterocycles. The van der Waals surface area contributed by atoms with Crippen LogP contribution in [0.4, 0.5) is 0 Å². The largest absolute Gasteiger partial charge is 0.493 e. The Bertz CT molecular complexity index is 661. The van der Waals surface area contributed by atoms with Gasteiger partial charge < -0.3 is 24.6 Å². The van der Waals surface area contributed by atoms with Crippen molar-refractivity contribution in [3.8, 4) is 11.5 Å². The minimum Gasteiger partial charge on any atom is -0.493 e. The molecular weight excluding hydrogens is 354 g/mol. The van der Waals surface area contributed by atoms with Crippen LogP contribution in [0.25, 0.3) is 0 Å². The maximum atomic E-state index is 12.7. The van der Waals surface area contributed by atoms with Gasteiger partial charge >= 0.3 is 0 Å². The van der Waals surface area contributed by atoms with Gasteiger partial charge in [0.05, 0.1) is 7.11 Å². The Kier molecular flexibility index (Phi) is 6.37. The zero-order valence-corrected chi connectivity index (χ0v) is 17.0. The van der Waals surface area contributed by atoms with Crippen LogP contribution in [0.2, 0.25) is 0 Å². The standard InChI is InChI=1S/C22H33N3O3/c1-27-21-16-17(22(26)25-14-10-23-11-15-25)6-7-20(21)28-19-8-12-24(13-9-19)18-4-2-3-5-18/h6-7,16,18-19,23H,2-5,8-15H2,1H3. The summed E-state index contributed by atoms with van der Waals surface area (Å²) in [5.41, 5.74) is 0.669. The molecule has 1 amide bonds. The van der Waals surface area contributed by atoms with E-state index in [1.807, 2.05) is 23.1 Å². The van der Waals surface area contributed by atoms with Crippen molar-refractivity contribution in [1.29, 1.82) is 0 Å². The molecule has 6 nitrogen and oxygen atoms in total. The normalized spacial score (nSPS) is 22.4. The number of likely N-dealkylation sites (tertiary alicyclic amines) is 1. The minimum absolute atomic E-state index is 0.0659. The number of carbonyl (C=O) groups excluding carboxylic acids is 1. The molecule has 154 valence electrons. The Morgan fingerprint density at radius 2 is 1.71 bits per heavy atom. The Hall–Kier alpha value is -1.79. The quantitative estimate of drug-likeness (QED) is 0.841. The van der Waals surface area contributed by atoms with Crippen LogP contribution in [0.3, 0.4) is 0 Å². The number of nitrogens with one attached hydrogen (secondary N) is 1. The average molecular weight is 388 g/mol. The van der Waals surface area contributed by atoms with Crippen LogP contribution in [-0.4, -0.2) is 74.2 Å². The number of methoxy groups -OCH3 is 1. The summed E-state index contributed by atoms with van der Waals surface area (Å²) >= 11 is 0. The fourth-order valence-corrected chi connectivity index (χ4v) is 4.76. The van der Waals surface area contributed by atoms with Gasteiger partial charge in [-0.25, -0.2) is 0 Å². The molecule has 1 aromatic carbocycles. The fraction of sp³-hybridized carbons (Fsp3) is 0.682. The molecule has 0 unspecified atom stereocenters. The SMILES string of the molecule is COc1cc(C(=O)N2CCNCC2)ccc1OC1CCN(C2CCCC2)CC1. The monoisotopic (exact) mass is 387 g/mol. The Labute approximate surface area is 168 Å². The van der Waals surface area contributed by atoms with Crippen molar-refractivity contribution in [2.75, 3.05) is 46.4 Å². The van der Waals surface area contributed by atoms with E-state index in [1.54, 1.807) is 7.11 Å².